The highest BCUT2D eigenvalue weighted by Crippen LogP contribution is 2.42. The van der Waals surface area contributed by atoms with E-state index in [1.54, 1.807) is 0 Å². The standard InChI is InChI=1S/C25H14Cl3F7N4O/c1-39(21-5-2-12(10-36)11-37-21)38-23(40)15-4-3-13(6-17(15)25(33,34)35)20(29)9-16(24(30,31)32)14-7-18(26)22(28)19(27)8-14/h2-9,11,16H,1H3,(H,38,40)/b20-9-. The molecule has 0 fully saturated rings. The number of anilines is 1. The molecule has 0 aliphatic heterocycles. The number of alkyl halides is 6. The van der Waals surface area contributed by atoms with Crippen LogP contribution >= 0.6 is 34.8 Å². The first-order chi connectivity index (χ1) is 18.5. The van der Waals surface area contributed by atoms with E-state index in [0.717, 1.165) is 23.2 Å². The van der Waals surface area contributed by atoms with Crippen molar-refractivity contribution in [1.29, 1.82) is 5.26 Å². The van der Waals surface area contributed by atoms with Gasteiger partial charge in [-0.2, -0.15) is 31.6 Å². The van der Waals surface area contributed by atoms with Crippen LogP contribution in [0.3, 0.4) is 0 Å². The van der Waals surface area contributed by atoms with Crippen molar-refractivity contribution in [3.05, 3.63) is 97.6 Å². The van der Waals surface area contributed by atoms with E-state index in [4.69, 9.17) is 40.1 Å². The summed E-state index contributed by atoms with van der Waals surface area (Å²) in [6, 6.07) is 7.70. The minimum absolute atomic E-state index is 0.0650. The molecule has 210 valence electrons. The van der Waals surface area contributed by atoms with Crippen LogP contribution in [0.1, 0.15) is 38.5 Å². The monoisotopic (exact) mass is 624 g/mol. The third-order valence-electron chi connectivity index (χ3n) is 5.37. The van der Waals surface area contributed by atoms with E-state index in [9.17, 15) is 31.1 Å². The van der Waals surface area contributed by atoms with Gasteiger partial charge in [0.15, 0.2) is 0 Å². The van der Waals surface area contributed by atoms with Crippen LogP contribution in [0.15, 0.2) is 54.7 Å². The molecular weight excluding hydrogens is 612 g/mol. The molecule has 3 rings (SSSR count). The van der Waals surface area contributed by atoms with Crippen LogP contribution in [0.2, 0.25) is 15.1 Å². The fourth-order valence-electron chi connectivity index (χ4n) is 3.42. The largest absolute Gasteiger partial charge is 0.417 e. The van der Waals surface area contributed by atoms with Gasteiger partial charge in [-0.05, 0) is 48.0 Å². The third kappa shape index (κ3) is 7.15. The van der Waals surface area contributed by atoms with Crippen molar-refractivity contribution in [2.45, 2.75) is 18.3 Å². The molecule has 40 heavy (non-hydrogen) atoms. The number of allylic oxidation sites excluding steroid dienone is 1. The van der Waals surface area contributed by atoms with Gasteiger partial charge in [0, 0.05) is 18.8 Å². The molecule has 0 radical (unpaired) electrons. The lowest BCUT2D eigenvalue weighted by atomic mass is 9.95. The highest BCUT2D eigenvalue weighted by atomic mass is 35.5. The lowest BCUT2D eigenvalue weighted by Gasteiger charge is -2.21. The maximum atomic E-state index is 15.0. The summed E-state index contributed by atoms with van der Waals surface area (Å²) in [5.74, 6) is -5.49. The molecule has 1 heterocycles. The van der Waals surface area contributed by atoms with Crippen molar-refractivity contribution in [1.82, 2.24) is 10.4 Å². The van der Waals surface area contributed by atoms with Gasteiger partial charge in [0.05, 0.1) is 31.8 Å². The van der Waals surface area contributed by atoms with E-state index >= 15 is 4.39 Å². The van der Waals surface area contributed by atoms with Crippen LogP contribution in [0.5, 0.6) is 0 Å². The highest BCUT2D eigenvalue weighted by molar-refractivity contribution is 6.48. The van der Waals surface area contributed by atoms with Gasteiger partial charge in [0.25, 0.3) is 5.91 Å². The van der Waals surface area contributed by atoms with Gasteiger partial charge in [0.1, 0.15) is 23.6 Å². The number of carbonyl (C=O) groups is 1. The second kappa shape index (κ2) is 11.9. The van der Waals surface area contributed by atoms with Gasteiger partial charge in [-0.3, -0.25) is 15.2 Å². The first-order valence-corrected chi connectivity index (χ1v) is 11.9. The van der Waals surface area contributed by atoms with Crippen molar-refractivity contribution < 1.29 is 35.5 Å². The quantitative estimate of drug-likeness (QED) is 0.170. The fraction of sp³-hybridized carbons (Fsp3) is 0.160. The molecule has 5 nitrogen and oxygen atoms in total. The minimum atomic E-state index is -5.19. The van der Waals surface area contributed by atoms with E-state index in [-0.39, 0.29) is 38.6 Å². The molecule has 0 bridgehead atoms. The Balaban J connectivity index is 1.99. The normalized spacial score (nSPS) is 13.0. The molecule has 15 heteroatoms. The number of aromatic nitrogens is 1. The first-order valence-electron chi connectivity index (χ1n) is 10.7. The number of hydrogen-bond acceptors (Lipinski definition) is 4. The number of carbonyl (C=O) groups excluding carboxylic acids is 1. The summed E-state index contributed by atoms with van der Waals surface area (Å²) >= 11 is 17.3. The van der Waals surface area contributed by atoms with E-state index in [1.165, 1.54) is 25.4 Å². The maximum absolute atomic E-state index is 15.0. The van der Waals surface area contributed by atoms with E-state index in [1.807, 2.05) is 6.07 Å². The van der Waals surface area contributed by atoms with Crippen molar-refractivity contribution in [2.24, 2.45) is 0 Å². The number of nitrogens with one attached hydrogen (secondary N) is 1. The average molecular weight is 626 g/mol. The Morgan fingerprint density at radius 2 is 1.68 bits per heavy atom. The lowest BCUT2D eigenvalue weighted by molar-refractivity contribution is -0.140. The molecule has 1 atom stereocenters. The molecular formula is C25H14Cl3F7N4O. The number of nitriles is 1. The molecule has 0 aliphatic rings. The number of halogens is 10. The summed E-state index contributed by atoms with van der Waals surface area (Å²) in [6.45, 7) is 0. The summed E-state index contributed by atoms with van der Waals surface area (Å²) in [7, 11) is 1.27. The molecule has 3 aromatic rings. The SMILES string of the molecule is CN(NC(=O)c1ccc(/C(F)=C/C(c2cc(Cl)c(Cl)c(Cl)c2)C(F)(F)F)cc1C(F)(F)F)c1ccc(C#N)cn1. The van der Waals surface area contributed by atoms with E-state index in [2.05, 4.69) is 10.4 Å². The van der Waals surface area contributed by atoms with Crippen LogP contribution < -0.4 is 10.4 Å². The Kier molecular flexibility index (Phi) is 9.24. The van der Waals surface area contributed by atoms with Crippen LogP contribution in [0, 0.1) is 11.3 Å². The number of hydrogen-bond donors (Lipinski definition) is 1. The number of pyridine rings is 1. The Morgan fingerprint density at radius 1 is 1.05 bits per heavy atom. The minimum Gasteiger partial charge on any atom is -0.271 e. The van der Waals surface area contributed by atoms with E-state index in [0.29, 0.717) is 6.07 Å². The molecule has 0 aliphatic carbocycles. The predicted octanol–water partition coefficient (Wildman–Crippen LogP) is 8.37. The molecule has 1 amide bonds. The van der Waals surface area contributed by atoms with Gasteiger partial charge in [-0.25, -0.2) is 9.37 Å². The molecule has 1 N–H and O–H groups in total. The molecule has 0 spiro atoms. The zero-order valence-corrected chi connectivity index (χ0v) is 22.1. The van der Waals surface area contributed by atoms with Crippen LogP contribution in [0.25, 0.3) is 5.83 Å². The Bertz CT molecular complexity index is 1480. The van der Waals surface area contributed by atoms with Crippen molar-refractivity contribution >= 4 is 52.4 Å². The molecule has 1 unspecified atom stereocenters. The van der Waals surface area contributed by atoms with Crippen molar-refractivity contribution in [2.75, 3.05) is 12.1 Å². The number of benzene rings is 2. The van der Waals surface area contributed by atoms with Gasteiger partial charge in [-0.15, -0.1) is 0 Å². The summed E-state index contributed by atoms with van der Waals surface area (Å²) in [4.78, 5) is 16.5. The summed E-state index contributed by atoms with van der Waals surface area (Å²) in [5.41, 5.74) is -1.66. The summed E-state index contributed by atoms with van der Waals surface area (Å²) in [5, 5.41) is 8.88. The third-order valence-corrected chi connectivity index (χ3v) is 6.56. The maximum Gasteiger partial charge on any atom is 0.417 e. The lowest BCUT2D eigenvalue weighted by Crippen LogP contribution is -2.40. The molecule has 1 aromatic heterocycles. The van der Waals surface area contributed by atoms with E-state index < -0.39 is 52.3 Å². The average Bonchev–Trinajstić information content (AvgIpc) is 2.88. The highest BCUT2D eigenvalue weighted by Gasteiger charge is 2.41. The summed E-state index contributed by atoms with van der Waals surface area (Å²) in [6.07, 6.45) is -9.04. The molecule has 0 saturated carbocycles. The van der Waals surface area contributed by atoms with Crippen LogP contribution in [-0.2, 0) is 6.18 Å². The molecule has 0 saturated heterocycles. The number of nitrogens with zero attached hydrogens (tertiary/aromatic N) is 3. The zero-order valence-electron chi connectivity index (χ0n) is 19.8. The fourth-order valence-corrected chi connectivity index (χ4v) is 4.04. The van der Waals surface area contributed by atoms with Crippen molar-refractivity contribution in [3.63, 3.8) is 0 Å². The van der Waals surface area contributed by atoms with Gasteiger partial charge in [-0.1, -0.05) is 40.9 Å². The number of rotatable bonds is 6. The van der Waals surface area contributed by atoms with Gasteiger partial charge in [0.2, 0.25) is 0 Å². The second-order valence-corrected chi connectivity index (χ2v) is 9.30. The number of amides is 1. The Labute approximate surface area is 237 Å². The Hall–Kier alpha value is -3.53. The molecule has 2 aromatic carbocycles. The van der Waals surface area contributed by atoms with Gasteiger partial charge >= 0.3 is 12.4 Å². The number of hydrazine groups is 1. The smallest absolute Gasteiger partial charge is 0.271 e. The zero-order chi connectivity index (χ0) is 30.0. The van der Waals surface area contributed by atoms with Crippen LogP contribution in [-0.4, -0.2) is 24.1 Å². The van der Waals surface area contributed by atoms with Gasteiger partial charge < -0.3 is 0 Å². The predicted molar refractivity (Wildman–Crippen MR) is 136 cm³/mol. The topological polar surface area (TPSA) is 69.0 Å². The summed E-state index contributed by atoms with van der Waals surface area (Å²) < 4.78 is 98.0. The van der Waals surface area contributed by atoms with Crippen molar-refractivity contribution in [3.8, 4) is 6.07 Å². The second-order valence-electron chi connectivity index (χ2n) is 8.11. The first kappa shape index (κ1) is 31.0. The Morgan fingerprint density at radius 3 is 2.17 bits per heavy atom. The van der Waals surface area contributed by atoms with Crippen LogP contribution in [0.4, 0.5) is 36.6 Å².